The summed E-state index contributed by atoms with van der Waals surface area (Å²) >= 11 is 3.08. The molecule has 0 aromatic heterocycles. The van der Waals surface area contributed by atoms with Gasteiger partial charge in [-0.25, -0.2) is 4.39 Å². The fraction of sp³-hybridized carbons (Fsp3) is 0.462. The highest BCUT2D eigenvalue weighted by Gasteiger charge is 2.26. The summed E-state index contributed by atoms with van der Waals surface area (Å²) in [5, 5.41) is 3.12. The van der Waals surface area contributed by atoms with Gasteiger partial charge in [-0.3, -0.25) is 4.79 Å². The molecule has 5 heteroatoms. The smallest absolute Gasteiger partial charge is 0.253 e. The molecule has 98 valence electrons. The summed E-state index contributed by atoms with van der Waals surface area (Å²) in [6.45, 7) is 2.42. The van der Waals surface area contributed by atoms with Crippen molar-refractivity contribution < 1.29 is 9.18 Å². The fourth-order valence-electron chi connectivity index (χ4n) is 2.28. The van der Waals surface area contributed by atoms with Crippen LogP contribution in [0.15, 0.2) is 22.7 Å². The zero-order valence-corrected chi connectivity index (χ0v) is 11.8. The summed E-state index contributed by atoms with van der Waals surface area (Å²) in [5.74, 6) is 0.0195. The van der Waals surface area contributed by atoms with E-state index in [0.29, 0.717) is 16.0 Å². The van der Waals surface area contributed by atoms with Crippen molar-refractivity contribution in [1.82, 2.24) is 10.2 Å². The zero-order valence-electron chi connectivity index (χ0n) is 10.2. The Morgan fingerprint density at radius 2 is 2.39 bits per heavy atom. The Bertz CT molecular complexity index is 453. The molecule has 1 atom stereocenters. The molecule has 3 nitrogen and oxygen atoms in total. The quantitative estimate of drug-likeness (QED) is 0.928. The molecule has 1 saturated heterocycles. The van der Waals surface area contributed by atoms with Crippen LogP contribution in [0.1, 0.15) is 16.8 Å². The Balaban J connectivity index is 2.05. The van der Waals surface area contributed by atoms with Crippen molar-refractivity contribution in [1.29, 1.82) is 0 Å². The molecule has 1 aliphatic rings. The van der Waals surface area contributed by atoms with Gasteiger partial charge in [0, 0.05) is 18.7 Å². The Labute approximate surface area is 114 Å². The molecule has 2 rings (SSSR count). The van der Waals surface area contributed by atoms with Crippen molar-refractivity contribution in [2.45, 2.75) is 6.42 Å². The lowest BCUT2D eigenvalue weighted by atomic mass is 10.1. The summed E-state index contributed by atoms with van der Waals surface area (Å²) < 4.78 is 13.8. The lowest BCUT2D eigenvalue weighted by Crippen LogP contribution is -2.30. The normalized spacial score (nSPS) is 19.3. The van der Waals surface area contributed by atoms with Gasteiger partial charge in [-0.2, -0.15) is 0 Å². The van der Waals surface area contributed by atoms with Gasteiger partial charge in [0.2, 0.25) is 0 Å². The van der Waals surface area contributed by atoms with Gasteiger partial charge in [0.1, 0.15) is 5.82 Å². The van der Waals surface area contributed by atoms with E-state index in [9.17, 15) is 9.18 Å². The molecule has 1 heterocycles. The largest absolute Gasteiger partial charge is 0.338 e. The van der Waals surface area contributed by atoms with Crippen LogP contribution in [0.3, 0.4) is 0 Å². The van der Waals surface area contributed by atoms with E-state index in [-0.39, 0.29) is 5.91 Å². The molecule has 1 amide bonds. The van der Waals surface area contributed by atoms with Crippen molar-refractivity contribution in [2.75, 3.05) is 26.7 Å². The minimum Gasteiger partial charge on any atom is -0.338 e. The van der Waals surface area contributed by atoms with Gasteiger partial charge in [-0.15, -0.1) is 0 Å². The first-order valence-electron chi connectivity index (χ1n) is 6.00. The predicted molar refractivity (Wildman–Crippen MR) is 72.0 cm³/mol. The van der Waals surface area contributed by atoms with E-state index < -0.39 is 5.82 Å². The van der Waals surface area contributed by atoms with E-state index in [1.165, 1.54) is 6.07 Å². The maximum atomic E-state index is 13.4. The zero-order chi connectivity index (χ0) is 13.1. The highest BCUT2D eigenvalue weighted by Crippen LogP contribution is 2.21. The molecular formula is C13H16BrFN2O. The number of nitrogens with zero attached hydrogens (tertiary/aromatic N) is 1. The van der Waals surface area contributed by atoms with E-state index in [2.05, 4.69) is 21.2 Å². The summed E-state index contributed by atoms with van der Waals surface area (Å²) in [7, 11) is 1.91. The van der Waals surface area contributed by atoms with E-state index in [0.717, 1.165) is 26.1 Å². The molecule has 0 aliphatic carbocycles. The highest BCUT2D eigenvalue weighted by molar-refractivity contribution is 9.10. The van der Waals surface area contributed by atoms with Gasteiger partial charge in [0.05, 0.1) is 4.47 Å². The summed E-state index contributed by atoms with van der Waals surface area (Å²) in [4.78, 5) is 14.0. The van der Waals surface area contributed by atoms with Crippen LogP contribution in [-0.4, -0.2) is 37.5 Å². The van der Waals surface area contributed by atoms with Crippen LogP contribution < -0.4 is 5.32 Å². The first-order chi connectivity index (χ1) is 8.61. The van der Waals surface area contributed by atoms with Gasteiger partial charge >= 0.3 is 0 Å². The van der Waals surface area contributed by atoms with E-state index in [1.54, 1.807) is 17.0 Å². The van der Waals surface area contributed by atoms with Gasteiger partial charge in [-0.1, -0.05) is 0 Å². The number of carbonyl (C=O) groups excluding carboxylic acids is 1. The molecule has 0 radical (unpaired) electrons. The third kappa shape index (κ3) is 2.90. The minimum atomic E-state index is -0.396. The lowest BCUT2D eigenvalue weighted by Gasteiger charge is -2.16. The second kappa shape index (κ2) is 5.80. The minimum absolute atomic E-state index is 0.0833. The summed E-state index contributed by atoms with van der Waals surface area (Å²) in [6, 6.07) is 4.52. The fourth-order valence-corrected chi connectivity index (χ4v) is 2.53. The molecule has 1 unspecified atom stereocenters. The third-order valence-corrected chi connectivity index (χ3v) is 3.88. The van der Waals surface area contributed by atoms with Gasteiger partial charge in [0.25, 0.3) is 5.91 Å². The molecule has 1 aliphatic heterocycles. The van der Waals surface area contributed by atoms with Crippen LogP contribution in [0.2, 0.25) is 0 Å². The maximum absolute atomic E-state index is 13.4. The second-order valence-corrected chi connectivity index (χ2v) is 5.45. The molecule has 1 aromatic carbocycles. The number of amides is 1. The second-order valence-electron chi connectivity index (χ2n) is 4.59. The summed E-state index contributed by atoms with van der Waals surface area (Å²) in [5.41, 5.74) is 0.417. The average molecular weight is 315 g/mol. The van der Waals surface area contributed by atoms with Crippen LogP contribution in [0.5, 0.6) is 0 Å². The van der Waals surface area contributed by atoms with Crippen LogP contribution in [-0.2, 0) is 0 Å². The predicted octanol–water partition coefficient (Wildman–Crippen LogP) is 2.27. The number of hydrogen-bond acceptors (Lipinski definition) is 2. The maximum Gasteiger partial charge on any atom is 0.253 e. The van der Waals surface area contributed by atoms with E-state index >= 15 is 0 Å². The van der Waals surface area contributed by atoms with Crippen molar-refractivity contribution in [3.05, 3.63) is 34.1 Å². The molecule has 0 spiro atoms. The number of nitrogens with one attached hydrogen (secondary N) is 1. The van der Waals surface area contributed by atoms with Crippen molar-refractivity contribution in [3.63, 3.8) is 0 Å². The first kappa shape index (κ1) is 13.5. The highest BCUT2D eigenvalue weighted by atomic mass is 79.9. The first-order valence-corrected chi connectivity index (χ1v) is 6.80. The molecule has 18 heavy (non-hydrogen) atoms. The molecule has 1 fully saturated rings. The molecular weight excluding hydrogens is 299 g/mol. The number of likely N-dealkylation sites (tertiary alicyclic amines) is 1. The SMILES string of the molecule is CNCC1CCN(C(=O)c2ccc(Br)c(F)c2)C1. The topological polar surface area (TPSA) is 32.3 Å². The van der Waals surface area contributed by atoms with Gasteiger partial charge < -0.3 is 10.2 Å². The third-order valence-electron chi connectivity index (χ3n) is 3.23. The molecule has 1 aromatic rings. The number of hydrogen-bond donors (Lipinski definition) is 1. The van der Waals surface area contributed by atoms with Crippen molar-refractivity contribution >= 4 is 21.8 Å². The molecule has 1 N–H and O–H groups in total. The molecule has 0 bridgehead atoms. The average Bonchev–Trinajstić information content (AvgIpc) is 2.81. The lowest BCUT2D eigenvalue weighted by molar-refractivity contribution is 0.0786. The van der Waals surface area contributed by atoms with Gasteiger partial charge in [0.15, 0.2) is 0 Å². The van der Waals surface area contributed by atoms with E-state index in [1.807, 2.05) is 7.05 Å². The number of rotatable bonds is 3. The molecule has 0 saturated carbocycles. The van der Waals surface area contributed by atoms with Crippen LogP contribution in [0, 0.1) is 11.7 Å². The monoisotopic (exact) mass is 314 g/mol. The number of halogens is 2. The summed E-state index contributed by atoms with van der Waals surface area (Å²) in [6.07, 6.45) is 1.01. The van der Waals surface area contributed by atoms with Crippen molar-refractivity contribution in [2.24, 2.45) is 5.92 Å². The Kier molecular flexibility index (Phi) is 4.35. The number of benzene rings is 1. The number of carbonyl (C=O) groups is 1. The standard InChI is InChI=1S/C13H16BrFN2O/c1-16-7-9-4-5-17(8-9)13(18)10-2-3-11(14)12(15)6-10/h2-3,6,9,16H,4-5,7-8H2,1H3. The van der Waals surface area contributed by atoms with Crippen LogP contribution in [0.4, 0.5) is 4.39 Å². The van der Waals surface area contributed by atoms with Crippen LogP contribution >= 0.6 is 15.9 Å². The Hall–Kier alpha value is -0.940. The Morgan fingerprint density at radius 3 is 3.06 bits per heavy atom. The van der Waals surface area contributed by atoms with Crippen molar-refractivity contribution in [3.8, 4) is 0 Å². The van der Waals surface area contributed by atoms with Crippen LogP contribution in [0.25, 0.3) is 0 Å². The van der Waals surface area contributed by atoms with Gasteiger partial charge in [-0.05, 0) is 60.1 Å². The Morgan fingerprint density at radius 1 is 1.61 bits per heavy atom. The van der Waals surface area contributed by atoms with E-state index in [4.69, 9.17) is 0 Å².